The highest BCUT2D eigenvalue weighted by atomic mass is 79.9. The Morgan fingerprint density at radius 1 is 1.35 bits per heavy atom. The van der Waals surface area contributed by atoms with E-state index < -0.39 is 6.10 Å². The van der Waals surface area contributed by atoms with Crippen LogP contribution in [0, 0.1) is 0 Å². The number of hydrogen-bond acceptors (Lipinski definition) is 2. The van der Waals surface area contributed by atoms with Crippen molar-refractivity contribution in [2.24, 2.45) is 0 Å². The molecule has 0 amide bonds. The van der Waals surface area contributed by atoms with Gasteiger partial charge in [0.15, 0.2) is 0 Å². The van der Waals surface area contributed by atoms with Crippen molar-refractivity contribution in [3.05, 3.63) is 34.3 Å². The van der Waals surface area contributed by atoms with E-state index in [1.54, 1.807) is 0 Å². The van der Waals surface area contributed by atoms with E-state index in [0.717, 1.165) is 29.4 Å². The highest BCUT2D eigenvalue weighted by molar-refractivity contribution is 9.10. The Labute approximate surface area is 113 Å². The van der Waals surface area contributed by atoms with Crippen molar-refractivity contribution in [1.82, 2.24) is 4.90 Å². The molecule has 0 aliphatic carbocycles. The topological polar surface area (TPSA) is 23.5 Å². The van der Waals surface area contributed by atoms with Gasteiger partial charge in [-0.2, -0.15) is 0 Å². The molecule has 2 atom stereocenters. The van der Waals surface area contributed by atoms with Crippen LogP contribution in [0.15, 0.2) is 28.7 Å². The van der Waals surface area contributed by atoms with Gasteiger partial charge in [-0.3, -0.25) is 0 Å². The highest BCUT2D eigenvalue weighted by Gasteiger charge is 2.13. The minimum atomic E-state index is -0.392. The van der Waals surface area contributed by atoms with Crippen molar-refractivity contribution >= 4 is 15.9 Å². The van der Waals surface area contributed by atoms with Gasteiger partial charge in [0.1, 0.15) is 0 Å². The van der Waals surface area contributed by atoms with Crippen LogP contribution >= 0.6 is 15.9 Å². The maximum Gasteiger partial charge on any atom is 0.0813 e. The van der Waals surface area contributed by atoms with Crippen LogP contribution < -0.4 is 0 Å². The predicted molar refractivity (Wildman–Crippen MR) is 76.1 cm³/mol. The van der Waals surface area contributed by atoms with E-state index in [2.05, 4.69) is 41.7 Å². The first-order chi connectivity index (χ1) is 8.06. The molecule has 2 unspecified atom stereocenters. The van der Waals surface area contributed by atoms with Crippen LogP contribution in [0.2, 0.25) is 0 Å². The highest BCUT2D eigenvalue weighted by Crippen LogP contribution is 2.25. The van der Waals surface area contributed by atoms with Gasteiger partial charge in [0, 0.05) is 17.1 Å². The van der Waals surface area contributed by atoms with Crippen LogP contribution in [0.3, 0.4) is 0 Å². The number of halogens is 1. The molecule has 0 fully saturated rings. The molecule has 0 saturated heterocycles. The number of rotatable bonds is 6. The third-order valence-electron chi connectivity index (χ3n) is 3.36. The second-order valence-electron chi connectivity index (χ2n) is 4.56. The van der Waals surface area contributed by atoms with Crippen molar-refractivity contribution in [1.29, 1.82) is 0 Å². The van der Waals surface area contributed by atoms with Crippen LogP contribution in [0.25, 0.3) is 0 Å². The Morgan fingerprint density at radius 3 is 2.59 bits per heavy atom. The molecule has 1 N–H and O–H groups in total. The summed E-state index contributed by atoms with van der Waals surface area (Å²) in [4.78, 5) is 2.29. The number of nitrogens with zero attached hydrogens (tertiary/aromatic N) is 1. The average molecular weight is 300 g/mol. The number of aliphatic hydroxyl groups is 1. The van der Waals surface area contributed by atoms with Crippen LogP contribution in [-0.2, 0) is 0 Å². The Kier molecular flexibility index (Phi) is 6.17. The molecule has 0 aromatic heterocycles. The van der Waals surface area contributed by atoms with Gasteiger partial charge in [-0.1, -0.05) is 41.1 Å². The van der Waals surface area contributed by atoms with E-state index in [1.165, 1.54) is 0 Å². The summed E-state index contributed by atoms with van der Waals surface area (Å²) in [7, 11) is 2.11. The Bertz CT molecular complexity index is 343. The van der Waals surface area contributed by atoms with Gasteiger partial charge in [-0.15, -0.1) is 0 Å². The molecule has 1 aromatic carbocycles. The SMILES string of the molecule is CCC(C)N(C)CCC(O)c1ccccc1Br. The molecule has 0 heterocycles. The third-order valence-corrected chi connectivity index (χ3v) is 4.08. The zero-order valence-corrected chi connectivity index (χ0v) is 12.4. The summed E-state index contributed by atoms with van der Waals surface area (Å²) < 4.78 is 0.985. The predicted octanol–water partition coefficient (Wildman–Crippen LogP) is 3.60. The standard InChI is InChI=1S/C14H22BrNO/c1-4-11(2)16(3)10-9-14(17)12-7-5-6-8-13(12)15/h5-8,11,14,17H,4,9-10H2,1-3H3. The summed E-state index contributed by atoms with van der Waals surface area (Å²) in [5.41, 5.74) is 0.977. The molecular formula is C14H22BrNO. The van der Waals surface area contributed by atoms with E-state index in [9.17, 15) is 5.11 Å². The zero-order chi connectivity index (χ0) is 12.8. The number of aliphatic hydroxyl groups excluding tert-OH is 1. The lowest BCUT2D eigenvalue weighted by atomic mass is 10.1. The lowest BCUT2D eigenvalue weighted by Crippen LogP contribution is -2.30. The first kappa shape index (κ1) is 14.7. The first-order valence-electron chi connectivity index (χ1n) is 6.19. The lowest BCUT2D eigenvalue weighted by Gasteiger charge is -2.24. The summed E-state index contributed by atoms with van der Waals surface area (Å²) in [6.45, 7) is 5.31. The second-order valence-corrected chi connectivity index (χ2v) is 5.42. The molecule has 0 bridgehead atoms. The minimum absolute atomic E-state index is 0.392. The fourth-order valence-corrected chi connectivity index (χ4v) is 2.31. The van der Waals surface area contributed by atoms with Gasteiger partial charge >= 0.3 is 0 Å². The molecule has 0 radical (unpaired) electrons. The summed E-state index contributed by atoms with van der Waals surface area (Å²) in [6, 6.07) is 8.43. The van der Waals surface area contributed by atoms with Gasteiger partial charge in [-0.05, 0) is 38.4 Å². The molecule has 1 rings (SSSR count). The van der Waals surface area contributed by atoms with Crippen LogP contribution in [0.5, 0.6) is 0 Å². The molecule has 0 aliphatic rings. The maximum atomic E-state index is 10.1. The third kappa shape index (κ3) is 4.41. The van der Waals surface area contributed by atoms with Gasteiger partial charge < -0.3 is 10.0 Å². The minimum Gasteiger partial charge on any atom is -0.388 e. The van der Waals surface area contributed by atoms with E-state index >= 15 is 0 Å². The fraction of sp³-hybridized carbons (Fsp3) is 0.571. The van der Waals surface area contributed by atoms with Crippen molar-refractivity contribution < 1.29 is 5.11 Å². The van der Waals surface area contributed by atoms with E-state index in [4.69, 9.17) is 0 Å². The zero-order valence-electron chi connectivity index (χ0n) is 10.9. The summed E-state index contributed by atoms with van der Waals surface area (Å²) in [6.07, 6.45) is 1.52. The van der Waals surface area contributed by atoms with Crippen molar-refractivity contribution in [2.75, 3.05) is 13.6 Å². The normalized spacial score (nSPS) is 14.9. The van der Waals surface area contributed by atoms with Crippen molar-refractivity contribution in [3.63, 3.8) is 0 Å². The van der Waals surface area contributed by atoms with Crippen LogP contribution in [-0.4, -0.2) is 29.6 Å². The van der Waals surface area contributed by atoms with Crippen molar-refractivity contribution in [3.8, 4) is 0 Å². The lowest BCUT2D eigenvalue weighted by molar-refractivity contribution is 0.137. The molecule has 0 saturated carbocycles. The quantitative estimate of drug-likeness (QED) is 0.867. The first-order valence-corrected chi connectivity index (χ1v) is 6.98. The fourth-order valence-electron chi connectivity index (χ4n) is 1.76. The molecule has 2 nitrogen and oxygen atoms in total. The summed E-state index contributed by atoms with van der Waals surface area (Å²) in [5, 5.41) is 10.1. The molecule has 0 spiro atoms. The van der Waals surface area contributed by atoms with Gasteiger partial charge in [0.2, 0.25) is 0 Å². The van der Waals surface area contributed by atoms with Gasteiger partial charge in [0.05, 0.1) is 6.10 Å². The summed E-state index contributed by atoms with van der Waals surface area (Å²) in [5.74, 6) is 0. The smallest absolute Gasteiger partial charge is 0.0813 e. The molecule has 17 heavy (non-hydrogen) atoms. The second kappa shape index (κ2) is 7.14. The Hall–Kier alpha value is -0.380. The van der Waals surface area contributed by atoms with Gasteiger partial charge in [0.25, 0.3) is 0 Å². The average Bonchev–Trinajstić information content (AvgIpc) is 2.35. The molecule has 96 valence electrons. The number of hydrogen-bond donors (Lipinski definition) is 1. The van der Waals surface area contributed by atoms with E-state index in [0.29, 0.717) is 6.04 Å². The Morgan fingerprint density at radius 2 is 2.00 bits per heavy atom. The van der Waals surface area contributed by atoms with Gasteiger partial charge in [-0.25, -0.2) is 0 Å². The van der Waals surface area contributed by atoms with E-state index in [-0.39, 0.29) is 0 Å². The largest absolute Gasteiger partial charge is 0.388 e. The monoisotopic (exact) mass is 299 g/mol. The molecular weight excluding hydrogens is 278 g/mol. The molecule has 3 heteroatoms. The van der Waals surface area contributed by atoms with Crippen molar-refractivity contribution in [2.45, 2.75) is 38.8 Å². The number of benzene rings is 1. The summed E-state index contributed by atoms with van der Waals surface area (Å²) >= 11 is 3.47. The molecule has 0 aliphatic heterocycles. The molecule has 1 aromatic rings. The van der Waals surface area contributed by atoms with E-state index in [1.807, 2.05) is 24.3 Å². The maximum absolute atomic E-state index is 10.1. The van der Waals surface area contributed by atoms with Crippen LogP contribution in [0.4, 0.5) is 0 Å². The van der Waals surface area contributed by atoms with Crippen LogP contribution in [0.1, 0.15) is 38.4 Å². The Balaban J connectivity index is 2.50.